The maximum absolute atomic E-state index is 13.3. The highest BCUT2D eigenvalue weighted by molar-refractivity contribution is 5.79. The number of methoxy groups -OCH3 is 1. The van der Waals surface area contributed by atoms with Gasteiger partial charge in [-0.2, -0.15) is 0 Å². The van der Waals surface area contributed by atoms with E-state index in [1.165, 1.54) is 29.1 Å². The number of benzene rings is 3. The van der Waals surface area contributed by atoms with Crippen molar-refractivity contribution in [2.45, 2.75) is 19.7 Å². The van der Waals surface area contributed by atoms with Crippen LogP contribution in [0.25, 0.3) is 10.9 Å². The fraction of sp³-hybridized carbons (Fsp3) is 0.160. The molecule has 0 atom stereocenters. The molecule has 0 aliphatic carbocycles. The summed E-state index contributed by atoms with van der Waals surface area (Å²) >= 11 is 0. The van der Waals surface area contributed by atoms with Crippen molar-refractivity contribution >= 4 is 16.8 Å². The molecule has 1 aromatic heterocycles. The number of rotatable bonds is 8. The summed E-state index contributed by atoms with van der Waals surface area (Å²) in [6, 6.07) is 18.9. The number of nitrogens with zero attached hydrogens (tertiary/aromatic N) is 2. The lowest BCUT2D eigenvalue weighted by Gasteiger charge is -2.13. The standard InChI is InChI=1S/C25H22FN3O4/c1-32-23-11-18(7-10-22(23)33-15-17-5-3-2-4-6-17)13-27-24(30)14-29-16-28-21-12-19(26)8-9-20(21)25(29)31/h2-12,16H,13-15H2,1H3,(H,27,30). The maximum atomic E-state index is 13.3. The van der Waals surface area contributed by atoms with Gasteiger partial charge in [0.15, 0.2) is 11.5 Å². The van der Waals surface area contributed by atoms with Crippen LogP contribution < -0.4 is 20.3 Å². The zero-order valence-electron chi connectivity index (χ0n) is 18.0. The van der Waals surface area contributed by atoms with E-state index in [2.05, 4.69) is 10.3 Å². The lowest BCUT2D eigenvalue weighted by molar-refractivity contribution is -0.121. The van der Waals surface area contributed by atoms with Crippen LogP contribution in [0.1, 0.15) is 11.1 Å². The molecule has 0 aliphatic heterocycles. The lowest BCUT2D eigenvalue weighted by Crippen LogP contribution is -2.32. The number of hydrogen-bond donors (Lipinski definition) is 1. The third-order valence-electron chi connectivity index (χ3n) is 5.06. The van der Waals surface area contributed by atoms with Gasteiger partial charge in [-0.25, -0.2) is 9.37 Å². The molecule has 0 radical (unpaired) electrons. The van der Waals surface area contributed by atoms with Gasteiger partial charge in [-0.1, -0.05) is 36.4 Å². The van der Waals surface area contributed by atoms with E-state index in [1.807, 2.05) is 36.4 Å². The van der Waals surface area contributed by atoms with E-state index < -0.39 is 11.4 Å². The summed E-state index contributed by atoms with van der Waals surface area (Å²) in [7, 11) is 1.55. The first-order chi connectivity index (χ1) is 16.0. The molecule has 0 fully saturated rings. The Morgan fingerprint density at radius 1 is 1.03 bits per heavy atom. The summed E-state index contributed by atoms with van der Waals surface area (Å²) in [6.07, 6.45) is 1.24. The monoisotopic (exact) mass is 447 g/mol. The van der Waals surface area contributed by atoms with Crippen LogP contribution >= 0.6 is 0 Å². The fourth-order valence-corrected chi connectivity index (χ4v) is 3.33. The second kappa shape index (κ2) is 9.95. The summed E-state index contributed by atoms with van der Waals surface area (Å²) in [4.78, 5) is 29.0. The van der Waals surface area contributed by atoms with Crippen LogP contribution in [0, 0.1) is 5.82 Å². The van der Waals surface area contributed by atoms with E-state index in [0.29, 0.717) is 18.1 Å². The SMILES string of the molecule is COc1cc(CNC(=O)Cn2cnc3cc(F)ccc3c2=O)ccc1OCc1ccccc1. The number of carbonyl (C=O) groups is 1. The van der Waals surface area contributed by atoms with Crippen LogP contribution in [0.4, 0.5) is 4.39 Å². The molecule has 8 heteroatoms. The third-order valence-corrected chi connectivity index (χ3v) is 5.06. The Bertz CT molecular complexity index is 1340. The highest BCUT2D eigenvalue weighted by Gasteiger charge is 2.10. The molecule has 168 valence electrons. The van der Waals surface area contributed by atoms with Gasteiger partial charge < -0.3 is 14.8 Å². The van der Waals surface area contributed by atoms with Gasteiger partial charge >= 0.3 is 0 Å². The normalized spacial score (nSPS) is 10.7. The lowest BCUT2D eigenvalue weighted by atomic mass is 10.2. The Labute approximate surface area is 189 Å². The van der Waals surface area contributed by atoms with E-state index in [0.717, 1.165) is 11.1 Å². The average Bonchev–Trinajstić information content (AvgIpc) is 2.84. The average molecular weight is 447 g/mol. The first-order valence-corrected chi connectivity index (χ1v) is 10.3. The number of amides is 1. The molecule has 4 rings (SSSR count). The van der Waals surface area contributed by atoms with Crippen LogP contribution in [0.2, 0.25) is 0 Å². The van der Waals surface area contributed by atoms with Crippen molar-refractivity contribution in [2.75, 3.05) is 7.11 Å². The van der Waals surface area contributed by atoms with Gasteiger partial charge in [0, 0.05) is 12.6 Å². The molecule has 3 aromatic carbocycles. The second-order valence-corrected chi connectivity index (χ2v) is 7.38. The topological polar surface area (TPSA) is 82.5 Å². The Kier molecular flexibility index (Phi) is 6.64. The van der Waals surface area contributed by atoms with E-state index in [-0.39, 0.29) is 29.9 Å². The smallest absolute Gasteiger partial charge is 0.261 e. The van der Waals surface area contributed by atoms with Gasteiger partial charge in [0.1, 0.15) is 19.0 Å². The summed E-state index contributed by atoms with van der Waals surface area (Å²) in [5.74, 6) is 0.321. The zero-order chi connectivity index (χ0) is 23.2. The molecule has 0 saturated carbocycles. The molecule has 0 bridgehead atoms. The van der Waals surface area contributed by atoms with Crippen molar-refractivity contribution in [3.05, 3.63) is 100 Å². The van der Waals surface area contributed by atoms with Crippen molar-refractivity contribution in [1.82, 2.24) is 14.9 Å². The number of nitrogens with one attached hydrogen (secondary N) is 1. The number of hydrogen-bond acceptors (Lipinski definition) is 5. The minimum absolute atomic E-state index is 0.200. The largest absolute Gasteiger partial charge is 0.493 e. The third kappa shape index (κ3) is 5.35. The van der Waals surface area contributed by atoms with Gasteiger partial charge in [-0.05, 0) is 35.4 Å². The molecule has 1 N–H and O–H groups in total. The van der Waals surface area contributed by atoms with Crippen LogP contribution in [0.15, 0.2) is 77.9 Å². The van der Waals surface area contributed by atoms with Gasteiger partial charge in [0.2, 0.25) is 5.91 Å². The Morgan fingerprint density at radius 3 is 2.64 bits per heavy atom. The number of halogens is 1. The van der Waals surface area contributed by atoms with Crippen LogP contribution in [0.5, 0.6) is 11.5 Å². The molecule has 1 heterocycles. The zero-order valence-corrected chi connectivity index (χ0v) is 18.0. The van der Waals surface area contributed by atoms with Crippen molar-refractivity contribution < 1.29 is 18.7 Å². The quantitative estimate of drug-likeness (QED) is 0.448. The molecule has 0 spiro atoms. The van der Waals surface area contributed by atoms with E-state index >= 15 is 0 Å². The minimum atomic E-state index is -0.475. The molecule has 0 unspecified atom stereocenters. The van der Waals surface area contributed by atoms with Gasteiger partial charge in [0.05, 0.1) is 24.3 Å². The first kappa shape index (κ1) is 22.0. The Balaban J connectivity index is 1.38. The number of fused-ring (bicyclic) bond motifs is 1. The van der Waals surface area contributed by atoms with E-state index in [9.17, 15) is 14.0 Å². The Hall–Kier alpha value is -4.20. The van der Waals surface area contributed by atoms with E-state index in [1.54, 1.807) is 19.2 Å². The fourth-order valence-electron chi connectivity index (χ4n) is 3.33. The number of ether oxygens (including phenoxy) is 2. The molecular formula is C25H22FN3O4. The molecule has 1 amide bonds. The van der Waals surface area contributed by atoms with Gasteiger partial charge in [-0.3, -0.25) is 14.2 Å². The van der Waals surface area contributed by atoms with Gasteiger partial charge in [-0.15, -0.1) is 0 Å². The van der Waals surface area contributed by atoms with Crippen LogP contribution in [0.3, 0.4) is 0 Å². The summed E-state index contributed by atoms with van der Waals surface area (Å²) in [6.45, 7) is 0.457. The highest BCUT2D eigenvalue weighted by Crippen LogP contribution is 2.28. The van der Waals surface area contributed by atoms with E-state index in [4.69, 9.17) is 9.47 Å². The van der Waals surface area contributed by atoms with Crippen molar-refractivity contribution in [3.8, 4) is 11.5 Å². The first-order valence-electron chi connectivity index (χ1n) is 10.3. The molecule has 0 aliphatic rings. The molecule has 7 nitrogen and oxygen atoms in total. The highest BCUT2D eigenvalue weighted by atomic mass is 19.1. The molecule has 4 aromatic rings. The minimum Gasteiger partial charge on any atom is -0.493 e. The van der Waals surface area contributed by atoms with Crippen molar-refractivity contribution in [3.63, 3.8) is 0 Å². The predicted octanol–water partition coefficient (Wildman–Crippen LogP) is 3.44. The summed E-state index contributed by atoms with van der Waals surface area (Å²) < 4.78 is 25.8. The predicted molar refractivity (Wildman–Crippen MR) is 122 cm³/mol. The molecule has 33 heavy (non-hydrogen) atoms. The maximum Gasteiger partial charge on any atom is 0.261 e. The summed E-state index contributed by atoms with van der Waals surface area (Å²) in [5.41, 5.74) is 1.70. The van der Waals surface area contributed by atoms with Gasteiger partial charge in [0.25, 0.3) is 5.56 Å². The summed E-state index contributed by atoms with van der Waals surface area (Å²) in [5, 5.41) is 3.03. The Morgan fingerprint density at radius 2 is 1.85 bits per heavy atom. The number of aromatic nitrogens is 2. The second-order valence-electron chi connectivity index (χ2n) is 7.38. The molecular weight excluding hydrogens is 425 g/mol. The molecule has 0 saturated heterocycles. The van der Waals surface area contributed by atoms with Crippen LogP contribution in [-0.4, -0.2) is 22.6 Å². The van der Waals surface area contributed by atoms with Crippen LogP contribution in [-0.2, 0) is 24.5 Å². The number of carbonyl (C=O) groups excluding carboxylic acids is 1. The van der Waals surface area contributed by atoms with Crippen molar-refractivity contribution in [1.29, 1.82) is 0 Å². The van der Waals surface area contributed by atoms with Crippen molar-refractivity contribution in [2.24, 2.45) is 0 Å².